The van der Waals surface area contributed by atoms with E-state index in [9.17, 15) is 4.79 Å². The average Bonchev–Trinajstić information content (AvgIpc) is 2.58. The van der Waals surface area contributed by atoms with E-state index in [0.717, 1.165) is 31.9 Å². The van der Waals surface area contributed by atoms with Crippen LogP contribution in [0.1, 0.15) is 37.8 Å². The smallest absolute Gasteiger partial charge is 0.221 e. The summed E-state index contributed by atoms with van der Waals surface area (Å²) in [7, 11) is 1.79. The lowest BCUT2D eigenvalue weighted by atomic mass is 10.0. The molecule has 134 valence electrons. The van der Waals surface area contributed by atoms with Crippen molar-refractivity contribution in [1.82, 2.24) is 15.5 Å². The van der Waals surface area contributed by atoms with E-state index >= 15 is 0 Å². The van der Waals surface area contributed by atoms with Crippen LogP contribution < -0.4 is 10.6 Å². The molecule has 1 aromatic carbocycles. The molecule has 1 amide bonds. The number of amides is 1. The van der Waals surface area contributed by atoms with Gasteiger partial charge in [-0.15, -0.1) is 24.0 Å². The number of carbonyl (C=O) groups is 1. The molecule has 6 heteroatoms. The first-order chi connectivity index (χ1) is 11.1. The molecule has 0 bridgehead atoms. The first-order valence-corrected chi connectivity index (χ1v) is 8.45. The standard InChI is InChI=1S/C18H28N4O.HI/c1-4-14(2)21-17(23)9-11-20-18(19-3)22-12-10-15-7-5-6-8-16(15)13-22;/h5-8,14H,4,9-13H2,1-3H3,(H,19,20)(H,21,23);1H. The molecule has 0 aromatic heterocycles. The van der Waals surface area contributed by atoms with Gasteiger partial charge < -0.3 is 15.5 Å². The Morgan fingerprint density at radius 1 is 1.33 bits per heavy atom. The first-order valence-electron chi connectivity index (χ1n) is 8.45. The van der Waals surface area contributed by atoms with Crippen LogP contribution in [-0.2, 0) is 17.8 Å². The van der Waals surface area contributed by atoms with E-state index < -0.39 is 0 Å². The van der Waals surface area contributed by atoms with Gasteiger partial charge in [0.1, 0.15) is 0 Å². The van der Waals surface area contributed by atoms with Crippen molar-refractivity contribution in [2.24, 2.45) is 4.99 Å². The number of hydrogen-bond acceptors (Lipinski definition) is 2. The van der Waals surface area contributed by atoms with E-state index in [0.29, 0.717) is 13.0 Å². The summed E-state index contributed by atoms with van der Waals surface area (Å²) in [5, 5.41) is 6.29. The molecule has 1 aliphatic heterocycles. The van der Waals surface area contributed by atoms with Gasteiger partial charge in [-0.2, -0.15) is 0 Å². The minimum Gasteiger partial charge on any atom is -0.356 e. The zero-order chi connectivity index (χ0) is 16.7. The number of carbonyl (C=O) groups excluding carboxylic acids is 1. The van der Waals surface area contributed by atoms with Gasteiger partial charge in [-0.25, -0.2) is 0 Å². The third-order valence-electron chi connectivity index (χ3n) is 4.30. The molecule has 5 nitrogen and oxygen atoms in total. The average molecular weight is 444 g/mol. The van der Waals surface area contributed by atoms with Crippen molar-refractivity contribution in [2.75, 3.05) is 20.1 Å². The highest BCUT2D eigenvalue weighted by molar-refractivity contribution is 14.0. The summed E-state index contributed by atoms with van der Waals surface area (Å²) in [6, 6.07) is 8.78. The lowest BCUT2D eigenvalue weighted by Crippen LogP contribution is -2.45. The number of guanidine groups is 1. The lowest BCUT2D eigenvalue weighted by molar-refractivity contribution is -0.121. The van der Waals surface area contributed by atoms with Crippen LogP contribution in [0, 0.1) is 0 Å². The van der Waals surface area contributed by atoms with E-state index in [1.807, 2.05) is 6.92 Å². The molecular formula is C18H29IN4O. The zero-order valence-electron chi connectivity index (χ0n) is 14.8. The van der Waals surface area contributed by atoms with Crippen LogP contribution in [0.3, 0.4) is 0 Å². The predicted molar refractivity (Wildman–Crippen MR) is 110 cm³/mol. The summed E-state index contributed by atoms with van der Waals surface area (Å²) in [5.74, 6) is 0.960. The van der Waals surface area contributed by atoms with Crippen LogP contribution in [-0.4, -0.2) is 42.9 Å². The molecule has 1 aliphatic rings. The van der Waals surface area contributed by atoms with E-state index in [1.165, 1.54) is 11.1 Å². The molecule has 1 heterocycles. The summed E-state index contributed by atoms with van der Waals surface area (Å²) in [4.78, 5) is 18.4. The number of fused-ring (bicyclic) bond motifs is 1. The number of benzene rings is 1. The minimum absolute atomic E-state index is 0. The summed E-state index contributed by atoms with van der Waals surface area (Å²) in [5.41, 5.74) is 2.78. The Bertz CT molecular complexity index is 562. The van der Waals surface area contributed by atoms with Crippen molar-refractivity contribution in [3.63, 3.8) is 0 Å². The van der Waals surface area contributed by atoms with Crippen molar-refractivity contribution in [2.45, 2.75) is 45.7 Å². The van der Waals surface area contributed by atoms with Gasteiger partial charge in [-0.3, -0.25) is 9.79 Å². The van der Waals surface area contributed by atoms with Crippen LogP contribution in [0.5, 0.6) is 0 Å². The predicted octanol–water partition coefficient (Wildman–Crippen LogP) is 2.54. The van der Waals surface area contributed by atoms with Crippen molar-refractivity contribution in [1.29, 1.82) is 0 Å². The highest BCUT2D eigenvalue weighted by atomic mass is 127. The second-order valence-corrected chi connectivity index (χ2v) is 6.04. The van der Waals surface area contributed by atoms with Gasteiger partial charge in [0.05, 0.1) is 0 Å². The molecule has 0 saturated carbocycles. The number of hydrogen-bond donors (Lipinski definition) is 2. The van der Waals surface area contributed by atoms with Gasteiger partial charge in [-0.1, -0.05) is 31.2 Å². The number of nitrogens with zero attached hydrogens (tertiary/aromatic N) is 2. The lowest BCUT2D eigenvalue weighted by Gasteiger charge is -2.31. The van der Waals surface area contributed by atoms with E-state index in [4.69, 9.17) is 0 Å². The molecule has 0 aliphatic carbocycles. The molecule has 0 saturated heterocycles. The quantitative estimate of drug-likeness (QED) is 0.417. The Balaban J connectivity index is 0.00000288. The normalized spacial score (nSPS) is 15.1. The topological polar surface area (TPSA) is 56.7 Å². The Kier molecular flexibility index (Phi) is 9.10. The molecule has 0 radical (unpaired) electrons. The number of nitrogens with one attached hydrogen (secondary N) is 2. The number of rotatable bonds is 5. The summed E-state index contributed by atoms with van der Waals surface area (Å²) >= 11 is 0. The molecule has 1 aromatic rings. The van der Waals surface area contributed by atoms with Crippen LogP contribution in [0.2, 0.25) is 0 Å². The van der Waals surface area contributed by atoms with Crippen molar-refractivity contribution in [3.8, 4) is 0 Å². The second-order valence-electron chi connectivity index (χ2n) is 6.04. The Morgan fingerprint density at radius 2 is 2.04 bits per heavy atom. The monoisotopic (exact) mass is 444 g/mol. The highest BCUT2D eigenvalue weighted by Gasteiger charge is 2.18. The van der Waals surface area contributed by atoms with Crippen molar-refractivity contribution < 1.29 is 4.79 Å². The Labute approximate surface area is 162 Å². The fourth-order valence-corrected chi connectivity index (χ4v) is 2.75. The van der Waals surface area contributed by atoms with Gasteiger partial charge in [0.2, 0.25) is 5.91 Å². The molecule has 0 spiro atoms. The summed E-state index contributed by atoms with van der Waals surface area (Å²) < 4.78 is 0. The fourth-order valence-electron chi connectivity index (χ4n) is 2.75. The SMILES string of the molecule is CCC(C)NC(=O)CCNC(=NC)N1CCc2ccccc2C1.I. The van der Waals surface area contributed by atoms with E-state index in [-0.39, 0.29) is 35.9 Å². The first kappa shape index (κ1) is 20.7. The van der Waals surface area contributed by atoms with E-state index in [1.54, 1.807) is 7.05 Å². The molecule has 2 rings (SSSR count). The highest BCUT2D eigenvalue weighted by Crippen LogP contribution is 2.18. The van der Waals surface area contributed by atoms with Crippen molar-refractivity contribution >= 4 is 35.8 Å². The molecular weight excluding hydrogens is 415 g/mol. The summed E-state index contributed by atoms with van der Waals surface area (Å²) in [6.45, 7) is 6.52. The fraction of sp³-hybridized carbons (Fsp3) is 0.556. The van der Waals surface area contributed by atoms with Crippen LogP contribution in [0.25, 0.3) is 0 Å². The van der Waals surface area contributed by atoms with Gasteiger partial charge in [0, 0.05) is 39.1 Å². The molecule has 1 atom stereocenters. The molecule has 1 unspecified atom stereocenters. The maximum Gasteiger partial charge on any atom is 0.221 e. The van der Waals surface area contributed by atoms with Gasteiger partial charge in [0.15, 0.2) is 5.96 Å². The van der Waals surface area contributed by atoms with Crippen LogP contribution in [0.15, 0.2) is 29.3 Å². The molecule has 2 N–H and O–H groups in total. The number of aliphatic imine (C=N–C) groups is 1. The van der Waals surface area contributed by atoms with Crippen LogP contribution >= 0.6 is 24.0 Å². The Hall–Kier alpha value is -1.31. The summed E-state index contributed by atoms with van der Waals surface area (Å²) in [6.07, 6.45) is 2.45. The third-order valence-corrected chi connectivity index (χ3v) is 4.30. The van der Waals surface area contributed by atoms with Gasteiger partial charge in [-0.05, 0) is 30.9 Å². The molecule has 24 heavy (non-hydrogen) atoms. The zero-order valence-corrected chi connectivity index (χ0v) is 17.2. The van der Waals surface area contributed by atoms with E-state index in [2.05, 4.69) is 51.7 Å². The number of halogens is 1. The van der Waals surface area contributed by atoms with Gasteiger partial charge >= 0.3 is 0 Å². The Morgan fingerprint density at radius 3 is 2.71 bits per heavy atom. The minimum atomic E-state index is 0. The molecule has 0 fully saturated rings. The maximum atomic E-state index is 11.8. The van der Waals surface area contributed by atoms with Gasteiger partial charge in [0.25, 0.3) is 0 Å². The third kappa shape index (κ3) is 5.96. The maximum absolute atomic E-state index is 11.8. The van der Waals surface area contributed by atoms with Crippen LogP contribution in [0.4, 0.5) is 0 Å². The largest absolute Gasteiger partial charge is 0.356 e. The van der Waals surface area contributed by atoms with Crippen molar-refractivity contribution in [3.05, 3.63) is 35.4 Å². The second kappa shape index (κ2) is 10.5.